The van der Waals surface area contributed by atoms with E-state index in [0.29, 0.717) is 5.88 Å². The number of halogens is 1. The molecule has 0 atom stereocenters. The van der Waals surface area contributed by atoms with Crippen molar-refractivity contribution in [1.29, 1.82) is 0 Å². The Morgan fingerprint density at radius 1 is 1.75 bits per heavy atom. The van der Waals surface area contributed by atoms with Crippen molar-refractivity contribution in [3.8, 4) is 0 Å². The molecule has 0 aliphatic carbocycles. The molecule has 1 aromatic rings. The highest BCUT2D eigenvalue weighted by Gasteiger charge is 1.87. The van der Waals surface area contributed by atoms with Crippen molar-refractivity contribution in [2.75, 3.05) is 5.88 Å². The van der Waals surface area contributed by atoms with Gasteiger partial charge < -0.3 is 4.98 Å². The zero-order chi connectivity index (χ0) is 5.82. The van der Waals surface area contributed by atoms with E-state index in [1.54, 1.807) is 0 Å². The Labute approximate surface area is 53.7 Å². The van der Waals surface area contributed by atoms with Crippen molar-refractivity contribution >= 4 is 11.6 Å². The first-order valence-corrected chi connectivity index (χ1v) is 2.99. The summed E-state index contributed by atoms with van der Waals surface area (Å²) in [5, 5.41) is 0. The molecule has 0 aliphatic rings. The van der Waals surface area contributed by atoms with Crippen molar-refractivity contribution in [3.63, 3.8) is 0 Å². The number of nitrogens with one attached hydrogen (secondary N) is 1. The molecule has 0 aliphatic heterocycles. The highest BCUT2D eigenvalue weighted by atomic mass is 35.5. The van der Waals surface area contributed by atoms with Gasteiger partial charge in [0.05, 0.1) is 0 Å². The van der Waals surface area contributed by atoms with Crippen LogP contribution in [-0.4, -0.2) is 10.9 Å². The Morgan fingerprint density at radius 2 is 2.62 bits per heavy atom. The zero-order valence-electron chi connectivity index (χ0n) is 4.39. The average Bonchev–Trinajstić information content (AvgIpc) is 2.19. The lowest BCUT2D eigenvalue weighted by molar-refractivity contribution is 1.26. The van der Waals surface area contributed by atoms with Crippen LogP contribution in [0, 0.1) is 6.42 Å². The molecule has 1 rings (SSSR count). The lowest BCUT2D eigenvalue weighted by Crippen LogP contribution is -1.79. The largest absolute Gasteiger partial charge is 0.365 e. The second-order valence-corrected chi connectivity index (χ2v) is 1.79. The van der Waals surface area contributed by atoms with Crippen LogP contribution in [-0.2, 0) is 0 Å². The van der Waals surface area contributed by atoms with Gasteiger partial charge in [0.15, 0.2) is 0 Å². The van der Waals surface area contributed by atoms with E-state index in [0.717, 1.165) is 5.69 Å². The summed E-state index contributed by atoms with van der Waals surface area (Å²) in [5.74, 6) is 0.570. The van der Waals surface area contributed by atoms with E-state index < -0.39 is 0 Å². The monoisotopic (exact) mass is 128 g/mol. The molecule has 0 amide bonds. The van der Waals surface area contributed by atoms with Crippen LogP contribution in [0.15, 0.2) is 18.3 Å². The first-order valence-electron chi connectivity index (χ1n) is 2.46. The Bertz CT molecular complexity index is 134. The normalized spacial score (nSPS) is 9.62. The highest BCUT2D eigenvalue weighted by molar-refractivity contribution is 6.18. The van der Waals surface area contributed by atoms with Crippen molar-refractivity contribution < 1.29 is 0 Å². The van der Waals surface area contributed by atoms with Gasteiger partial charge in [-0.15, -0.1) is 11.6 Å². The first kappa shape index (κ1) is 5.70. The van der Waals surface area contributed by atoms with Crippen LogP contribution >= 0.6 is 11.6 Å². The quantitative estimate of drug-likeness (QED) is 0.585. The predicted octanol–water partition coefficient (Wildman–Crippen LogP) is 1.81. The summed E-state index contributed by atoms with van der Waals surface area (Å²) in [6.07, 6.45) is 3.79. The topological polar surface area (TPSA) is 15.8 Å². The third kappa shape index (κ3) is 1.27. The van der Waals surface area contributed by atoms with Crippen molar-refractivity contribution in [2.24, 2.45) is 0 Å². The van der Waals surface area contributed by atoms with Gasteiger partial charge in [-0.25, -0.2) is 0 Å². The van der Waals surface area contributed by atoms with Crippen LogP contribution in [0.1, 0.15) is 5.69 Å². The SMILES string of the molecule is ClC[CH]c1ccc[nH]1. The van der Waals surface area contributed by atoms with Crippen molar-refractivity contribution in [3.05, 3.63) is 30.4 Å². The molecular formula is C6H7ClN. The van der Waals surface area contributed by atoms with Crippen LogP contribution in [0.3, 0.4) is 0 Å². The van der Waals surface area contributed by atoms with Gasteiger partial charge in [-0.3, -0.25) is 0 Å². The van der Waals surface area contributed by atoms with Gasteiger partial charge in [0.1, 0.15) is 0 Å². The molecule has 0 spiro atoms. The third-order valence-electron chi connectivity index (χ3n) is 0.919. The smallest absolute Gasteiger partial charge is 0.0313 e. The molecule has 0 fully saturated rings. The van der Waals surface area contributed by atoms with E-state index in [1.165, 1.54) is 0 Å². The van der Waals surface area contributed by atoms with Crippen LogP contribution < -0.4 is 0 Å². The minimum atomic E-state index is 0.570. The number of aromatic amines is 1. The molecule has 1 nitrogen and oxygen atoms in total. The van der Waals surface area contributed by atoms with Crippen molar-refractivity contribution in [1.82, 2.24) is 4.98 Å². The average molecular weight is 129 g/mol. The number of H-pyrrole nitrogens is 1. The van der Waals surface area contributed by atoms with Crippen LogP contribution in [0.4, 0.5) is 0 Å². The summed E-state index contributed by atoms with van der Waals surface area (Å²) in [7, 11) is 0. The van der Waals surface area contributed by atoms with E-state index in [9.17, 15) is 0 Å². The van der Waals surface area contributed by atoms with Gasteiger partial charge in [-0.1, -0.05) is 0 Å². The molecule has 1 heterocycles. The summed E-state index contributed by atoms with van der Waals surface area (Å²) in [4.78, 5) is 3.00. The first-order chi connectivity index (χ1) is 3.93. The molecular weight excluding hydrogens is 122 g/mol. The number of aromatic nitrogens is 1. The Balaban J connectivity index is 2.50. The van der Waals surface area contributed by atoms with Gasteiger partial charge >= 0.3 is 0 Å². The Morgan fingerprint density at radius 3 is 3.12 bits per heavy atom. The van der Waals surface area contributed by atoms with E-state index >= 15 is 0 Å². The molecule has 0 bridgehead atoms. The van der Waals surface area contributed by atoms with E-state index in [2.05, 4.69) is 4.98 Å². The number of hydrogen-bond donors (Lipinski definition) is 1. The Kier molecular flexibility index (Phi) is 1.98. The highest BCUT2D eigenvalue weighted by Crippen LogP contribution is 1.98. The standard InChI is InChI=1S/C6H7ClN/c7-4-3-6-2-1-5-8-6/h1-3,5,8H,4H2. The molecule has 1 radical (unpaired) electrons. The zero-order valence-corrected chi connectivity index (χ0v) is 5.15. The summed E-state index contributed by atoms with van der Waals surface area (Å²) < 4.78 is 0. The summed E-state index contributed by atoms with van der Waals surface area (Å²) >= 11 is 5.42. The van der Waals surface area contributed by atoms with Gasteiger partial charge in [-0.05, 0) is 12.1 Å². The molecule has 0 unspecified atom stereocenters. The molecule has 0 saturated heterocycles. The van der Waals surface area contributed by atoms with Gasteiger partial charge in [0, 0.05) is 24.2 Å². The summed E-state index contributed by atoms with van der Waals surface area (Å²) in [6, 6.07) is 3.92. The van der Waals surface area contributed by atoms with Crippen molar-refractivity contribution in [2.45, 2.75) is 0 Å². The fourth-order valence-electron chi connectivity index (χ4n) is 0.554. The summed E-state index contributed by atoms with van der Waals surface area (Å²) in [6.45, 7) is 0. The molecule has 0 saturated carbocycles. The molecule has 43 valence electrons. The molecule has 1 aromatic heterocycles. The molecule has 8 heavy (non-hydrogen) atoms. The predicted molar refractivity (Wildman–Crippen MR) is 34.9 cm³/mol. The minimum absolute atomic E-state index is 0.570. The minimum Gasteiger partial charge on any atom is -0.365 e. The summed E-state index contributed by atoms with van der Waals surface area (Å²) in [5.41, 5.74) is 1.08. The number of rotatable bonds is 2. The van der Waals surface area contributed by atoms with Crippen LogP contribution in [0.5, 0.6) is 0 Å². The molecule has 2 heteroatoms. The van der Waals surface area contributed by atoms with Gasteiger partial charge in [0.25, 0.3) is 0 Å². The second-order valence-electron chi connectivity index (χ2n) is 1.48. The second kappa shape index (κ2) is 2.78. The molecule has 1 N–H and O–H groups in total. The van der Waals surface area contributed by atoms with Crippen LogP contribution in [0.25, 0.3) is 0 Å². The van der Waals surface area contributed by atoms with E-state index in [4.69, 9.17) is 11.6 Å². The third-order valence-corrected chi connectivity index (χ3v) is 1.07. The lowest BCUT2D eigenvalue weighted by Gasteiger charge is -1.85. The number of hydrogen-bond acceptors (Lipinski definition) is 0. The van der Waals surface area contributed by atoms with Crippen LogP contribution in [0.2, 0.25) is 0 Å². The lowest BCUT2D eigenvalue weighted by atomic mass is 10.3. The number of alkyl halides is 1. The maximum absolute atomic E-state index is 5.42. The molecule has 0 aromatic carbocycles. The maximum atomic E-state index is 5.42. The van der Waals surface area contributed by atoms with Gasteiger partial charge in [0.2, 0.25) is 0 Å². The van der Waals surface area contributed by atoms with Gasteiger partial charge in [-0.2, -0.15) is 0 Å². The van der Waals surface area contributed by atoms with E-state index in [-0.39, 0.29) is 0 Å². The fourth-order valence-corrected chi connectivity index (χ4v) is 0.721. The van der Waals surface area contributed by atoms with E-state index in [1.807, 2.05) is 24.8 Å². The maximum Gasteiger partial charge on any atom is 0.0313 e. The Hall–Kier alpha value is -0.430. The fraction of sp³-hybridized carbons (Fsp3) is 0.167.